The van der Waals surface area contributed by atoms with Crippen LogP contribution >= 0.6 is 0 Å². The zero-order chi connectivity index (χ0) is 20.1. The van der Waals surface area contributed by atoms with Gasteiger partial charge in [-0.05, 0) is 19.3 Å². The van der Waals surface area contributed by atoms with Crippen molar-refractivity contribution in [2.75, 3.05) is 13.2 Å². The third kappa shape index (κ3) is 10.7. The maximum Gasteiger partial charge on any atom is 0.322 e. The molecule has 3 amide bonds. The van der Waals surface area contributed by atoms with Gasteiger partial charge in [0.15, 0.2) is 0 Å². The molecule has 0 heterocycles. The van der Waals surface area contributed by atoms with Crippen LogP contribution in [-0.2, 0) is 19.2 Å². The summed E-state index contributed by atoms with van der Waals surface area (Å²) in [4.78, 5) is 45.6. The van der Waals surface area contributed by atoms with Crippen molar-refractivity contribution in [1.29, 1.82) is 0 Å². The Bertz CT molecular complexity index is 481. The Morgan fingerprint density at radius 2 is 1.19 bits per heavy atom. The predicted octanol–water partition coefficient (Wildman–Crippen LogP) is 1.26. The van der Waals surface area contributed by atoms with Crippen molar-refractivity contribution < 1.29 is 24.3 Å². The lowest BCUT2D eigenvalue weighted by atomic mass is 9.98. The molecule has 0 saturated carbocycles. The molecule has 0 aliphatic rings. The van der Waals surface area contributed by atoms with E-state index in [4.69, 9.17) is 5.11 Å². The number of aliphatic carboxylic acids is 1. The molecule has 0 aliphatic heterocycles. The standard InChI is InChI=1S/C18H33N3O5/c1-5-12(2)16(24)20-11-21-18(26)14(4)9-7-6-8-13(3)17(25)19-10-15(22)23/h12-14H,5-11H2,1-4H3,(H,19,25)(H,20,24)(H,21,26)(H,22,23). The highest BCUT2D eigenvalue weighted by atomic mass is 16.4. The number of carbonyl (C=O) groups is 4. The monoisotopic (exact) mass is 371 g/mol. The van der Waals surface area contributed by atoms with Crippen molar-refractivity contribution in [2.45, 2.75) is 59.8 Å². The molecule has 150 valence electrons. The van der Waals surface area contributed by atoms with E-state index in [9.17, 15) is 19.2 Å². The van der Waals surface area contributed by atoms with E-state index in [-0.39, 0.29) is 48.7 Å². The van der Waals surface area contributed by atoms with Gasteiger partial charge in [0, 0.05) is 17.8 Å². The lowest BCUT2D eigenvalue weighted by molar-refractivity contribution is -0.138. The zero-order valence-electron chi connectivity index (χ0n) is 16.3. The zero-order valence-corrected chi connectivity index (χ0v) is 16.3. The summed E-state index contributed by atoms with van der Waals surface area (Å²) in [6.07, 6.45) is 3.66. The third-order valence-corrected chi connectivity index (χ3v) is 4.42. The lowest BCUT2D eigenvalue weighted by Gasteiger charge is -2.15. The van der Waals surface area contributed by atoms with Crippen LogP contribution in [0.2, 0.25) is 0 Å². The largest absolute Gasteiger partial charge is 0.480 e. The first-order valence-electron chi connectivity index (χ1n) is 9.23. The summed E-state index contributed by atoms with van der Waals surface area (Å²) in [6, 6.07) is 0. The molecule has 0 aromatic rings. The first-order valence-corrected chi connectivity index (χ1v) is 9.23. The van der Waals surface area contributed by atoms with Crippen molar-refractivity contribution in [3.63, 3.8) is 0 Å². The molecule has 0 radical (unpaired) electrons. The highest BCUT2D eigenvalue weighted by molar-refractivity contribution is 5.82. The van der Waals surface area contributed by atoms with Gasteiger partial charge in [-0.2, -0.15) is 0 Å². The molecule has 0 spiro atoms. The number of hydrogen-bond acceptors (Lipinski definition) is 4. The molecule has 26 heavy (non-hydrogen) atoms. The average molecular weight is 371 g/mol. The Morgan fingerprint density at radius 3 is 1.62 bits per heavy atom. The van der Waals surface area contributed by atoms with Crippen LogP contribution in [0.4, 0.5) is 0 Å². The highest BCUT2D eigenvalue weighted by Crippen LogP contribution is 2.13. The summed E-state index contributed by atoms with van der Waals surface area (Å²) < 4.78 is 0. The first-order chi connectivity index (χ1) is 12.2. The van der Waals surface area contributed by atoms with Gasteiger partial charge in [0.05, 0.1) is 6.67 Å². The molecular formula is C18H33N3O5. The highest BCUT2D eigenvalue weighted by Gasteiger charge is 2.16. The van der Waals surface area contributed by atoms with E-state index in [2.05, 4.69) is 16.0 Å². The fourth-order valence-electron chi connectivity index (χ4n) is 2.25. The molecule has 0 fully saturated rings. The van der Waals surface area contributed by atoms with Crippen LogP contribution in [0.3, 0.4) is 0 Å². The molecular weight excluding hydrogens is 338 g/mol. The summed E-state index contributed by atoms with van der Waals surface area (Å²) in [5, 5.41) is 16.3. The predicted molar refractivity (Wildman–Crippen MR) is 98.0 cm³/mol. The van der Waals surface area contributed by atoms with Crippen LogP contribution in [0.1, 0.15) is 59.8 Å². The normalized spacial score (nSPS) is 14.0. The number of carbonyl (C=O) groups excluding carboxylic acids is 3. The summed E-state index contributed by atoms with van der Waals surface area (Å²) in [6.45, 7) is 7.12. The van der Waals surface area contributed by atoms with Crippen molar-refractivity contribution in [3.8, 4) is 0 Å². The van der Waals surface area contributed by atoms with Gasteiger partial charge < -0.3 is 21.1 Å². The van der Waals surface area contributed by atoms with Crippen LogP contribution in [0, 0.1) is 17.8 Å². The van der Waals surface area contributed by atoms with Crippen LogP contribution in [0.25, 0.3) is 0 Å². The SMILES string of the molecule is CCC(C)C(=O)NCNC(=O)C(C)CCCCC(C)C(=O)NCC(=O)O. The van der Waals surface area contributed by atoms with Crippen molar-refractivity contribution in [1.82, 2.24) is 16.0 Å². The number of unbranched alkanes of at least 4 members (excludes halogenated alkanes) is 1. The van der Waals surface area contributed by atoms with Crippen molar-refractivity contribution >= 4 is 23.7 Å². The topological polar surface area (TPSA) is 125 Å². The molecule has 0 saturated heterocycles. The number of carboxylic acids is 1. The van der Waals surface area contributed by atoms with Gasteiger partial charge in [0.1, 0.15) is 6.54 Å². The maximum atomic E-state index is 12.0. The Labute approximate surface area is 155 Å². The Hall–Kier alpha value is -2.12. The van der Waals surface area contributed by atoms with Gasteiger partial charge >= 0.3 is 5.97 Å². The van der Waals surface area contributed by atoms with E-state index in [1.807, 2.05) is 20.8 Å². The van der Waals surface area contributed by atoms with E-state index in [1.165, 1.54) is 0 Å². The molecule has 0 aliphatic carbocycles. The minimum absolute atomic E-state index is 0.0704. The Morgan fingerprint density at radius 1 is 0.769 bits per heavy atom. The second-order valence-electron chi connectivity index (χ2n) is 6.77. The smallest absolute Gasteiger partial charge is 0.322 e. The minimum atomic E-state index is -1.06. The van der Waals surface area contributed by atoms with Gasteiger partial charge in [0.25, 0.3) is 0 Å². The molecule has 8 heteroatoms. The van der Waals surface area contributed by atoms with E-state index in [0.29, 0.717) is 12.8 Å². The number of rotatable bonds is 13. The van der Waals surface area contributed by atoms with Crippen LogP contribution < -0.4 is 16.0 Å². The van der Waals surface area contributed by atoms with Crippen LogP contribution in [-0.4, -0.2) is 42.0 Å². The van der Waals surface area contributed by atoms with Crippen molar-refractivity contribution in [2.24, 2.45) is 17.8 Å². The molecule has 4 N–H and O–H groups in total. The number of amides is 3. The van der Waals surface area contributed by atoms with Gasteiger partial charge in [-0.1, -0.05) is 40.5 Å². The number of hydrogen-bond donors (Lipinski definition) is 4. The van der Waals surface area contributed by atoms with E-state index in [0.717, 1.165) is 19.3 Å². The van der Waals surface area contributed by atoms with Gasteiger partial charge in [-0.3, -0.25) is 19.2 Å². The Kier molecular flexibility index (Phi) is 12.1. The third-order valence-electron chi connectivity index (χ3n) is 4.42. The van der Waals surface area contributed by atoms with Gasteiger partial charge in [0.2, 0.25) is 17.7 Å². The summed E-state index contributed by atoms with van der Waals surface area (Å²) >= 11 is 0. The molecule has 3 unspecified atom stereocenters. The van der Waals surface area contributed by atoms with E-state index >= 15 is 0 Å². The maximum absolute atomic E-state index is 12.0. The minimum Gasteiger partial charge on any atom is -0.480 e. The summed E-state index contributed by atoms with van der Waals surface area (Å²) in [5.74, 6) is -2.02. The first kappa shape index (κ1) is 23.9. The molecule has 0 aromatic heterocycles. The van der Waals surface area contributed by atoms with E-state index < -0.39 is 5.97 Å². The molecule has 0 rings (SSSR count). The van der Waals surface area contributed by atoms with Crippen LogP contribution in [0.15, 0.2) is 0 Å². The summed E-state index contributed by atoms with van der Waals surface area (Å²) in [5.41, 5.74) is 0. The second-order valence-corrected chi connectivity index (χ2v) is 6.77. The average Bonchev–Trinajstić information content (AvgIpc) is 2.61. The van der Waals surface area contributed by atoms with Gasteiger partial charge in [-0.25, -0.2) is 0 Å². The quantitative estimate of drug-likeness (QED) is 0.286. The lowest BCUT2D eigenvalue weighted by Crippen LogP contribution is -2.41. The molecule has 3 atom stereocenters. The van der Waals surface area contributed by atoms with E-state index in [1.54, 1.807) is 6.92 Å². The number of carboxylic acid groups (broad SMARTS) is 1. The fourth-order valence-corrected chi connectivity index (χ4v) is 2.25. The van der Waals surface area contributed by atoms with Gasteiger partial charge in [-0.15, -0.1) is 0 Å². The molecule has 0 aromatic carbocycles. The molecule has 0 bridgehead atoms. The van der Waals surface area contributed by atoms with Crippen molar-refractivity contribution in [3.05, 3.63) is 0 Å². The molecule has 8 nitrogen and oxygen atoms in total. The van der Waals surface area contributed by atoms with Crippen LogP contribution in [0.5, 0.6) is 0 Å². The summed E-state index contributed by atoms with van der Waals surface area (Å²) in [7, 11) is 0. The second kappa shape index (κ2) is 13.1. The Balaban J connectivity index is 3.88. The fraction of sp³-hybridized carbons (Fsp3) is 0.778. The number of nitrogens with one attached hydrogen (secondary N) is 3.